The highest BCUT2D eigenvalue weighted by Crippen LogP contribution is 2.42. The minimum Gasteiger partial charge on any atom is -0.310 e. The molecule has 1 saturated carbocycles. The van der Waals surface area contributed by atoms with E-state index in [1.807, 2.05) is 0 Å². The van der Waals surface area contributed by atoms with Crippen LogP contribution in [0.4, 0.5) is 0 Å². The molecule has 3 heteroatoms. The zero-order valence-electron chi connectivity index (χ0n) is 10.7. The molecule has 1 fully saturated rings. The van der Waals surface area contributed by atoms with E-state index < -0.39 is 0 Å². The first-order chi connectivity index (χ1) is 8.24. The molecule has 1 heterocycles. The predicted octanol–water partition coefficient (Wildman–Crippen LogP) is 4.99. The molecule has 1 aliphatic rings. The Hall–Kier alpha value is 0.140. The molecule has 0 radical (unpaired) electrons. The summed E-state index contributed by atoms with van der Waals surface area (Å²) in [5.74, 6) is 1.67. The van der Waals surface area contributed by atoms with E-state index >= 15 is 0 Å². The fraction of sp³-hybridized carbons (Fsp3) is 0.714. The molecule has 0 bridgehead atoms. The Morgan fingerprint density at radius 2 is 2.29 bits per heavy atom. The van der Waals surface area contributed by atoms with Gasteiger partial charge in [-0.25, -0.2) is 0 Å². The standard InChI is InChI=1S/C14H22BrNS/c1-3-7-16-14(11-6-4-5-10(11)2)12-8-17-9-13(12)15/h8-11,14,16H,3-7H2,1-2H3. The molecule has 1 nitrogen and oxygen atoms in total. The summed E-state index contributed by atoms with van der Waals surface area (Å²) >= 11 is 5.50. The van der Waals surface area contributed by atoms with E-state index in [9.17, 15) is 0 Å². The molecule has 2 rings (SSSR count). The van der Waals surface area contributed by atoms with Crippen LogP contribution in [-0.4, -0.2) is 6.54 Å². The molecule has 1 aliphatic carbocycles. The number of rotatable bonds is 5. The van der Waals surface area contributed by atoms with Crippen LogP contribution in [0.25, 0.3) is 0 Å². The molecule has 0 aliphatic heterocycles. The second-order valence-corrected chi connectivity index (χ2v) is 6.78. The van der Waals surface area contributed by atoms with Crippen LogP contribution >= 0.6 is 27.3 Å². The molecule has 1 N–H and O–H groups in total. The zero-order valence-corrected chi connectivity index (χ0v) is 13.1. The average Bonchev–Trinajstić information content (AvgIpc) is 2.90. The van der Waals surface area contributed by atoms with Gasteiger partial charge in [-0.3, -0.25) is 0 Å². The van der Waals surface area contributed by atoms with Crippen LogP contribution in [0.15, 0.2) is 15.2 Å². The number of thiophene rings is 1. The van der Waals surface area contributed by atoms with Crippen molar-refractivity contribution in [2.75, 3.05) is 6.54 Å². The van der Waals surface area contributed by atoms with E-state index in [4.69, 9.17) is 0 Å². The lowest BCUT2D eigenvalue weighted by Gasteiger charge is -2.28. The van der Waals surface area contributed by atoms with Crippen molar-refractivity contribution in [2.24, 2.45) is 11.8 Å². The summed E-state index contributed by atoms with van der Waals surface area (Å²) in [6.07, 6.45) is 5.39. The second kappa shape index (κ2) is 6.35. The Labute approximate surface area is 117 Å². The quantitative estimate of drug-likeness (QED) is 0.807. The summed E-state index contributed by atoms with van der Waals surface area (Å²) in [4.78, 5) is 0. The van der Waals surface area contributed by atoms with Crippen molar-refractivity contribution in [3.05, 3.63) is 20.8 Å². The molecule has 1 aromatic rings. The third kappa shape index (κ3) is 3.12. The first-order valence-electron chi connectivity index (χ1n) is 6.69. The highest BCUT2D eigenvalue weighted by atomic mass is 79.9. The third-order valence-electron chi connectivity index (χ3n) is 3.95. The summed E-state index contributed by atoms with van der Waals surface area (Å²) in [6, 6.07) is 0.549. The Morgan fingerprint density at radius 1 is 1.47 bits per heavy atom. The van der Waals surface area contributed by atoms with Gasteiger partial charge in [0.05, 0.1) is 0 Å². The monoisotopic (exact) mass is 315 g/mol. The SMILES string of the molecule is CCCNC(c1cscc1Br)C1CCCC1C. The topological polar surface area (TPSA) is 12.0 Å². The molecule has 0 amide bonds. The van der Waals surface area contributed by atoms with Gasteiger partial charge >= 0.3 is 0 Å². The van der Waals surface area contributed by atoms with Gasteiger partial charge in [0.1, 0.15) is 0 Å². The second-order valence-electron chi connectivity index (χ2n) is 5.18. The summed E-state index contributed by atoms with van der Waals surface area (Å²) in [7, 11) is 0. The van der Waals surface area contributed by atoms with Gasteiger partial charge in [-0.1, -0.05) is 26.7 Å². The minimum atomic E-state index is 0.549. The highest BCUT2D eigenvalue weighted by Gasteiger charge is 2.32. The largest absolute Gasteiger partial charge is 0.310 e. The Morgan fingerprint density at radius 3 is 2.82 bits per heavy atom. The molecule has 0 aromatic carbocycles. The summed E-state index contributed by atoms with van der Waals surface area (Å²) in [5, 5.41) is 8.27. The van der Waals surface area contributed by atoms with Crippen LogP contribution in [0.2, 0.25) is 0 Å². The van der Waals surface area contributed by atoms with Crippen molar-refractivity contribution in [1.82, 2.24) is 5.32 Å². The van der Waals surface area contributed by atoms with Gasteiger partial charge in [0.25, 0.3) is 0 Å². The molecule has 0 saturated heterocycles. The molecule has 96 valence electrons. The van der Waals surface area contributed by atoms with E-state index in [2.05, 4.69) is 45.9 Å². The zero-order chi connectivity index (χ0) is 12.3. The van der Waals surface area contributed by atoms with E-state index in [1.54, 1.807) is 11.3 Å². The molecule has 3 atom stereocenters. The lowest BCUT2D eigenvalue weighted by atomic mass is 9.87. The molecule has 0 spiro atoms. The van der Waals surface area contributed by atoms with Gasteiger partial charge < -0.3 is 5.32 Å². The van der Waals surface area contributed by atoms with Crippen LogP contribution < -0.4 is 5.32 Å². The van der Waals surface area contributed by atoms with Gasteiger partial charge in [-0.15, -0.1) is 0 Å². The van der Waals surface area contributed by atoms with Crippen LogP contribution in [0.1, 0.15) is 51.1 Å². The first-order valence-corrected chi connectivity index (χ1v) is 8.42. The van der Waals surface area contributed by atoms with Crippen LogP contribution in [0.5, 0.6) is 0 Å². The number of halogens is 1. The smallest absolute Gasteiger partial charge is 0.0370 e. The highest BCUT2D eigenvalue weighted by molar-refractivity contribution is 9.10. The van der Waals surface area contributed by atoms with Gasteiger partial charge in [0.15, 0.2) is 0 Å². The molecular formula is C14H22BrNS. The maximum Gasteiger partial charge on any atom is 0.0370 e. The van der Waals surface area contributed by atoms with Crippen molar-refractivity contribution >= 4 is 27.3 Å². The summed E-state index contributed by atoms with van der Waals surface area (Å²) in [6.45, 7) is 5.78. The maximum absolute atomic E-state index is 3.76. The summed E-state index contributed by atoms with van der Waals surface area (Å²) in [5.41, 5.74) is 1.47. The fourth-order valence-electron chi connectivity index (χ4n) is 2.97. The van der Waals surface area contributed by atoms with Crippen molar-refractivity contribution in [3.8, 4) is 0 Å². The van der Waals surface area contributed by atoms with Crippen molar-refractivity contribution in [3.63, 3.8) is 0 Å². The van der Waals surface area contributed by atoms with Gasteiger partial charge in [-0.2, -0.15) is 11.3 Å². The van der Waals surface area contributed by atoms with Crippen molar-refractivity contribution < 1.29 is 0 Å². The normalized spacial score (nSPS) is 26.3. The van der Waals surface area contributed by atoms with Gasteiger partial charge in [-0.05, 0) is 58.1 Å². The lowest BCUT2D eigenvalue weighted by Crippen LogP contribution is -2.30. The van der Waals surface area contributed by atoms with Gasteiger partial charge in [0, 0.05) is 15.9 Å². The Bertz CT molecular complexity index is 350. The maximum atomic E-state index is 3.76. The van der Waals surface area contributed by atoms with E-state index in [0.29, 0.717) is 6.04 Å². The lowest BCUT2D eigenvalue weighted by molar-refractivity contribution is 0.302. The van der Waals surface area contributed by atoms with E-state index in [0.717, 1.165) is 18.4 Å². The van der Waals surface area contributed by atoms with Crippen LogP contribution in [0.3, 0.4) is 0 Å². The van der Waals surface area contributed by atoms with Crippen molar-refractivity contribution in [2.45, 2.75) is 45.6 Å². The van der Waals surface area contributed by atoms with E-state index in [-0.39, 0.29) is 0 Å². The van der Waals surface area contributed by atoms with E-state index in [1.165, 1.54) is 35.7 Å². The molecule has 1 aromatic heterocycles. The molecule has 17 heavy (non-hydrogen) atoms. The van der Waals surface area contributed by atoms with Crippen molar-refractivity contribution in [1.29, 1.82) is 0 Å². The predicted molar refractivity (Wildman–Crippen MR) is 79.6 cm³/mol. The first kappa shape index (κ1) is 13.6. The molecular weight excluding hydrogens is 294 g/mol. The number of hydrogen-bond acceptors (Lipinski definition) is 2. The van der Waals surface area contributed by atoms with Crippen LogP contribution in [-0.2, 0) is 0 Å². The van der Waals surface area contributed by atoms with Gasteiger partial charge in [0.2, 0.25) is 0 Å². The Balaban J connectivity index is 2.15. The average molecular weight is 316 g/mol. The minimum absolute atomic E-state index is 0.549. The fourth-order valence-corrected chi connectivity index (χ4v) is 4.55. The third-order valence-corrected chi connectivity index (χ3v) is 5.70. The Kier molecular flexibility index (Phi) is 5.07. The number of nitrogens with one attached hydrogen (secondary N) is 1. The van der Waals surface area contributed by atoms with Crippen LogP contribution in [0, 0.1) is 11.8 Å². The molecule has 3 unspecified atom stereocenters. The number of hydrogen-bond donors (Lipinski definition) is 1. The summed E-state index contributed by atoms with van der Waals surface area (Å²) < 4.78 is 1.29.